The average molecular weight is 993 g/mol. The molecule has 0 saturated carbocycles. The van der Waals surface area contributed by atoms with Crippen LogP contribution in [0.25, 0.3) is 0 Å². The Morgan fingerprint density at radius 2 is 1.04 bits per heavy atom. The van der Waals surface area contributed by atoms with Crippen LogP contribution < -0.4 is 68.0 Å². The number of hydrogen-bond acceptors (Lipinski definition) is 14. The summed E-state index contributed by atoms with van der Waals surface area (Å²) < 4.78 is 72.5. The summed E-state index contributed by atoms with van der Waals surface area (Å²) in [5.41, 5.74) is 4.34. The van der Waals surface area contributed by atoms with Crippen molar-refractivity contribution >= 4 is 46.4 Å². The Labute approximate surface area is 419 Å². The fourth-order valence-electron chi connectivity index (χ4n) is 6.73. The molecule has 0 radical (unpaired) electrons. The summed E-state index contributed by atoms with van der Waals surface area (Å²) in [6.45, 7) is 6.82. The van der Waals surface area contributed by atoms with Gasteiger partial charge in [0.2, 0.25) is 0 Å². The number of rotatable bonds is 23. The molecule has 1 aliphatic rings. The Morgan fingerprint density at radius 1 is 0.574 bits per heavy atom. The van der Waals surface area contributed by atoms with Crippen LogP contribution in [0.3, 0.4) is 0 Å². The van der Waals surface area contributed by atoms with Crippen LogP contribution in [0.4, 0.5) is 17.1 Å². The number of phosphoric ester groups is 3. The Bertz CT molecular complexity index is 2730. The number of hydrogen-bond donors (Lipinski definition) is 1. The first-order chi connectivity index (χ1) is 32.0. The van der Waals surface area contributed by atoms with Crippen LogP contribution >= 0.6 is 23.5 Å². The maximum atomic E-state index is 14.8. The molecule has 3 atom stereocenters. The predicted molar refractivity (Wildman–Crippen MR) is 252 cm³/mol. The van der Waals surface area contributed by atoms with Crippen LogP contribution in [0, 0.1) is 0 Å². The van der Waals surface area contributed by atoms with Crippen molar-refractivity contribution in [3.05, 3.63) is 179 Å². The molecule has 3 unspecified atom stereocenters. The molecule has 1 aliphatic heterocycles. The number of anilines is 3. The molecule has 354 valence electrons. The second kappa shape index (κ2) is 25.3. The Balaban J connectivity index is 0.00000864. The summed E-state index contributed by atoms with van der Waals surface area (Å²) in [4.78, 5) is 56.4. The van der Waals surface area contributed by atoms with Crippen LogP contribution in [0.2, 0.25) is 0 Å². The second-order valence-electron chi connectivity index (χ2n) is 15.9. The zero-order chi connectivity index (χ0) is 48.0. The minimum absolute atomic E-state index is 0. The van der Waals surface area contributed by atoms with Gasteiger partial charge in [-0.25, -0.2) is 0 Å². The van der Waals surface area contributed by atoms with Crippen LogP contribution in [0.15, 0.2) is 156 Å². The Morgan fingerprint density at radius 3 is 1.56 bits per heavy atom. The van der Waals surface area contributed by atoms with Gasteiger partial charge in [-0.15, -0.1) is 0 Å². The van der Waals surface area contributed by atoms with Crippen LogP contribution in [0.1, 0.15) is 80.4 Å². The molecule has 0 spiro atoms. The van der Waals surface area contributed by atoms with Crippen LogP contribution in [0.5, 0.6) is 17.2 Å². The van der Waals surface area contributed by atoms with Crippen molar-refractivity contribution in [3.8, 4) is 17.2 Å². The minimum atomic E-state index is -5.33. The average Bonchev–Trinajstić information content (AvgIpc) is 3.41. The maximum Gasteiger partial charge on any atom is 1.00 e. The van der Waals surface area contributed by atoms with E-state index in [1.54, 1.807) is 97.1 Å². The number of nitrogens with zero attached hydrogens (tertiary/aromatic N) is 1. The number of amides is 1. The molecule has 6 rings (SSSR count). The number of para-hydroxylation sites is 1. The number of carbonyl (C=O) groups excluding carboxylic acids is 1. The van der Waals surface area contributed by atoms with Gasteiger partial charge in [0.15, 0.2) is 11.5 Å². The summed E-state index contributed by atoms with van der Waals surface area (Å²) >= 11 is 0. The fraction of sp³-hybridized carbons (Fsp3) is 0.245. The molecule has 0 aliphatic carbocycles. The Kier molecular flexibility index (Phi) is 20.3. The van der Waals surface area contributed by atoms with E-state index in [4.69, 9.17) is 27.1 Å². The molecule has 15 nitrogen and oxygen atoms in total. The van der Waals surface area contributed by atoms with Crippen molar-refractivity contribution in [2.24, 2.45) is 0 Å². The van der Waals surface area contributed by atoms with E-state index in [0.29, 0.717) is 23.1 Å². The molecule has 0 fully saturated rings. The number of benzene rings is 5. The number of fused-ring (bicyclic) bond motifs is 2. The second-order valence-corrected chi connectivity index (χ2v) is 19.9. The van der Waals surface area contributed by atoms with Crippen molar-refractivity contribution in [2.75, 3.05) is 16.8 Å². The molecule has 0 bridgehead atoms. The molecular weight excluding hydrogens is 940 g/mol. The van der Waals surface area contributed by atoms with E-state index in [1.807, 2.05) is 6.92 Å². The zero-order valence-electron chi connectivity index (χ0n) is 38.5. The standard InChI is InChI=1S/C49H55N2O13P3.Na/c1-36(2)17-14-18-37(3)19-15-20-38(4)29-30-51-44-31-42(62-65(53,54)59-33-39-21-8-5-9-22-39)32-46(64-67(57,58)61-35-41-25-12-7-13-26-41)48(44)50-47-43(49(51)52)27-16-28-45(47)63-66(55,56)60-34-40-23-10-6-11-24-40;/h5-13,16-17,19,21-29,31-32,50H,14-15,18,20,30,33-35H2,1-4H3,(H,53,54)(H,55,56)(H,57,58);/q;+1/p-3/b37-19+,38-29+;. The van der Waals surface area contributed by atoms with Gasteiger partial charge in [0.1, 0.15) is 11.4 Å². The van der Waals surface area contributed by atoms with E-state index < -0.39 is 47.5 Å². The van der Waals surface area contributed by atoms with E-state index in [-0.39, 0.29) is 77.7 Å². The smallest absolute Gasteiger partial charge is 0.746 e. The van der Waals surface area contributed by atoms with Crippen molar-refractivity contribution < 1.29 is 89.9 Å². The van der Waals surface area contributed by atoms with Gasteiger partial charge >= 0.3 is 53.0 Å². The van der Waals surface area contributed by atoms with E-state index in [1.165, 1.54) is 40.3 Å². The summed E-state index contributed by atoms with van der Waals surface area (Å²) in [6, 6.07) is 31.7. The normalized spacial score (nSPS) is 15.2. The summed E-state index contributed by atoms with van der Waals surface area (Å²) in [6.07, 6.45) is 9.37. The molecule has 1 amide bonds. The largest absolute Gasteiger partial charge is 1.00 e. The van der Waals surface area contributed by atoms with Gasteiger partial charge in [-0.2, -0.15) is 0 Å². The Hall–Kier alpha value is -4.56. The van der Waals surface area contributed by atoms with Gasteiger partial charge in [0.25, 0.3) is 5.91 Å². The molecule has 68 heavy (non-hydrogen) atoms. The topological polar surface area (TPSA) is 208 Å². The van der Waals surface area contributed by atoms with Gasteiger partial charge in [-0.3, -0.25) is 18.5 Å². The molecule has 5 aromatic carbocycles. The monoisotopic (exact) mass is 992 g/mol. The zero-order valence-corrected chi connectivity index (χ0v) is 43.2. The SMILES string of the molecule is CC(C)=CCC/C(C)=C/CC/C(C)=C/CN1C(=O)c2cccc(OP(=O)([O-])OCc3ccccc3)c2Nc2c(OP(=O)([O-])OCc3ccccc3)cc(OP(=O)([O-])OCc3ccccc3)cc21.[Na+]. The van der Waals surface area contributed by atoms with Crippen molar-refractivity contribution in [1.29, 1.82) is 0 Å². The van der Waals surface area contributed by atoms with Gasteiger partial charge < -0.3 is 52.0 Å². The molecule has 0 saturated heterocycles. The first-order valence-electron chi connectivity index (χ1n) is 21.4. The summed E-state index contributed by atoms with van der Waals surface area (Å²) in [5.74, 6) is -2.16. The fourth-order valence-corrected chi connectivity index (χ4v) is 8.95. The van der Waals surface area contributed by atoms with E-state index in [0.717, 1.165) is 30.9 Å². The van der Waals surface area contributed by atoms with Crippen LogP contribution in [-0.4, -0.2) is 12.5 Å². The van der Waals surface area contributed by atoms with Crippen molar-refractivity contribution in [2.45, 2.75) is 73.2 Å². The third kappa shape index (κ3) is 16.8. The number of carbonyl (C=O) groups is 1. The summed E-state index contributed by atoms with van der Waals surface area (Å²) in [5, 5.41) is 2.98. The quantitative estimate of drug-likeness (QED) is 0.0374. The van der Waals surface area contributed by atoms with E-state index >= 15 is 0 Å². The molecular formula is C49H52N2NaO13P3-2. The molecule has 5 aromatic rings. The van der Waals surface area contributed by atoms with E-state index in [9.17, 15) is 33.2 Å². The molecule has 0 aromatic heterocycles. The van der Waals surface area contributed by atoms with Gasteiger partial charge in [0.05, 0.1) is 36.8 Å². The third-order valence-electron chi connectivity index (χ3n) is 10.2. The van der Waals surface area contributed by atoms with Gasteiger partial charge in [0, 0.05) is 18.7 Å². The van der Waals surface area contributed by atoms with Gasteiger partial charge in [-0.05, 0) is 82.2 Å². The predicted octanol–water partition coefficient (Wildman–Crippen LogP) is 8.01. The number of phosphoric acid groups is 3. The molecule has 1 N–H and O–H groups in total. The van der Waals surface area contributed by atoms with E-state index in [2.05, 4.69) is 38.2 Å². The van der Waals surface area contributed by atoms with Crippen molar-refractivity contribution in [1.82, 2.24) is 0 Å². The third-order valence-corrected chi connectivity index (χ3v) is 12.8. The van der Waals surface area contributed by atoms with Crippen molar-refractivity contribution in [3.63, 3.8) is 0 Å². The first-order valence-corrected chi connectivity index (χ1v) is 25.8. The summed E-state index contributed by atoms with van der Waals surface area (Å²) in [7, 11) is -15.7. The molecule has 19 heteroatoms. The maximum absolute atomic E-state index is 14.8. The van der Waals surface area contributed by atoms with Crippen LogP contribution in [-0.2, 0) is 47.1 Å². The number of allylic oxidation sites excluding steroid dienone is 5. The number of nitrogens with one attached hydrogen (secondary N) is 1. The van der Waals surface area contributed by atoms with Gasteiger partial charge in [-0.1, -0.05) is 132 Å². The first kappa shape index (κ1) is 54.4. The minimum Gasteiger partial charge on any atom is -0.746 e. The molecule has 1 heterocycles.